The van der Waals surface area contributed by atoms with E-state index in [2.05, 4.69) is 40.1 Å². The molecule has 0 N–H and O–H groups in total. The highest BCUT2D eigenvalue weighted by molar-refractivity contribution is 5.88. The summed E-state index contributed by atoms with van der Waals surface area (Å²) in [5.41, 5.74) is 2.71. The van der Waals surface area contributed by atoms with Crippen LogP contribution in [0.5, 0.6) is 0 Å². The number of likely N-dealkylation sites (tertiary alicyclic amines) is 1. The molecule has 2 aromatic heterocycles. The van der Waals surface area contributed by atoms with E-state index >= 15 is 0 Å². The van der Waals surface area contributed by atoms with Gasteiger partial charge >= 0.3 is 0 Å². The number of Topliss-reactive ketones (excluding diaryl/α,β-unsaturated/α-hetero) is 1. The van der Waals surface area contributed by atoms with E-state index in [0.717, 1.165) is 53.7 Å². The van der Waals surface area contributed by atoms with Crippen LogP contribution < -0.4 is 0 Å². The number of hydrogen-bond acceptors (Lipinski definition) is 5. The van der Waals surface area contributed by atoms with Crippen molar-refractivity contribution < 1.29 is 4.79 Å². The fraction of sp³-hybridized carbons (Fsp3) is 0.455. The van der Waals surface area contributed by atoms with Crippen LogP contribution in [0.15, 0.2) is 36.7 Å². The Balaban J connectivity index is 1.49. The number of rotatable bonds is 5. The van der Waals surface area contributed by atoms with E-state index in [1.165, 1.54) is 0 Å². The van der Waals surface area contributed by atoms with Gasteiger partial charge in [-0.2, -0.15) is 0 Å². The van der Waals surface area contributed by atoms with Crippen molar-refractivity contribution in [3.63, 3.8) is 0 Å². The quantitative estimate of drug-likeness (QED) is 0.683. The van der Waals surface area contributed by atoms with E-state index in [1.807, 2.05) is 37.6 Å². The van der Waals surface area contributed by atoms with Gasteiger partial charge in [-0.05, 0) is 57.3 Å². The Morgan fingerprint density at radius 1 is 1.18 bits per heavy atom. The molecule has 1 aromatic carbocycles. The average molecular weight is 377 g/mol. The number of piperidine rings is 1. The van der Waals surface area contributed by atoms with Gasteiger partial charge in [0, 0.05) is 48.3 Å². The number of benzene rings is 1. The molecule has 6 heteroatoms. The third kappa shape index (κ3) is 3.97. The summed E-state index contributed by atoms with van der Waals surface area (Å²) in [7, 11) is 1.86. The number of carbonyl (C=O) groups is 1. The van der Waals surface area contributed by atoms with E-state index in [9.17, 15) is 4.79 Å². The van der Waals surface area contributed by atoms with E-state index in [4.69, 9.17) is 0 Å². The summed E-state index contributed by atoms with van der Waals surface area (Å²) in [4.78, 5) is 19.8. The van der Waals surface area contributed by atoms with Gasteiger partial charge in [-0.15, -0.1) is 5.10 Å². The standard InChI is InChI=1S/C22H27N5O/c1-15(2)27-8-6-16(7-9-27)22(28)12-20-11-19-10-17(4-5-18(19)13-23-20)21-14-26(3)25-24-21/h4-5,10-11,13-16H,6-9,12H2,1-3H3. The molecule has 1 fully saturated rings. The lowest BCUT2D eigenvalue weighted by Crippen LogP contribution is -2.40. The molecular weight excluding hydrogens is 350 g/mol. The van der Waals surface area contributed by atoms with Crippen LogP contribution in [-0.4, -0.2) is 49.8 Å². The third-order valence-electron chi connectivity index (χ3n) is 5.75. The maximum Gasteiger partial charge on any atom is 0.142 e. The Morgan fingerprint density at radius 3 is 2.64 bits per heavy atom. The summed E-state index contributed by atoms with van der Waals surface area (Å²) in [5.74, 6) is 0.485. The number of hydrogen-bond donors (Lipinski definition) is 0. The normalized spacial score (nSPS) is 16.1. The molecule has 0 bridgehead atoms. The van der Waals surface area contributed by atoms with E-state index < -0.39 is 0 Å². The smallest absolute Gasteiger partial charge is 0.142 e. The molecule has 1 saturated heterocycles. The summed E-state index contributed by atoms with van der Waals surface area (Å²) in [6.45, 7) is 6.47. The first kappa shape index (κ1) is 18.7. The summed E-state index contributed by atoms with van der Waals surface area (Å²) in [5, 5.41) is 10.3. The maximum atomic E-state index is 12.8. The molecule has 0 atom stereocenters. The number of fused-ring (bicyclic) bond motifs is 1. The van der Waals surface area contributed by atoms with Crippen molar-refractivity contribution >= 4 is 16.6 Å². The molecule has 0 aliphatic carbocycles. The molecular formula is C22H27N5O. The van der Waals surface area contributed by atoms with Crippen LogP contribution in [0.4, 0.5) is 0 Å². The molecule has 146 valence electrons. The monoisotopic (exact) mass is 377 g/mol. The molecule has 3 heterocycles. The van der Waals surface area contributed by atoms with Crippen LogP contribution in [0.1, 0.15) is 32.4 Å². The van der Waals surface area contributed by atoms with Crippen molar-refractivity contribution in [2.75, 3.05) is 13.1 Å². The molecule has 6 nitrogen and oxygen atoms in total. The summed E-state index contributed by atoms with van der Waals surface area (Å²) in [6, 6.07) is 8.76. The topological polar surface area (TPSA) is 63.9 Å². The zero-order valence-corrected chi connectivity index (χ0v) is 16.8. The van der Waals surface area contributed by atoms with Gasteiger partial charge in [0.1, 0.15) is 11.5 Å². The molecule has 3 aromatic rings. The van der Waals surface area contributed by atoms with Crippen LogP contribution in [0, 0.1) is 5.92 Å². The highest BCUT2D eigenvalue weighted by Gasteiger charge is 2.26. The summed E-state index contributed by atoms with van der Waals surface area (Å²) >= 11 is 0. The Kier molecular flexibility index (Phi) is 5.22. The van der Waals surface area contributed by atoms with Gasteiger partial charge in [-0.1, -0.05) is 17.3 Å². The highest BCUT2D eigenvalue weighted by Crippen LogP contribution is 2.24. The second-order valence-electron chi connectivity index (χ2n) is 8.06. The minimum atomic E-state index is 0.165. The molecule has 0 amide bonds. The summed E-state index contributed by atoms with van der Waals surface area (Å²) < 4.78 is 1.70. The SMILES string of the molecule is CC(C)N1CCC(C(=O)Cc2cc3cc(-c4cn(C)nn4)ccc3cn2)CC1. The Bertz CT molecular complexity index is 986. The largest absolute Gasteiger partial charge is 0.301 e. The maximum absolute atomic E-state index is 12.8. The van der Waals surface area contributed by atoms with Crippen molar-refractivity contribution in [3.8, 4) is 11.3 Å². The highest BCUT2D eigenvalue weighted by atomic mass is 16.1. The zero-order chi connectivity index (χ0) is 19.7. The third-order valence-corrected chi connectivity index (χ3v) is 5.75. The summed E-state index contributed by atoms with van der Waals surface area (Å²) in [6.07, 6.45) is 6.09. The predicted octanol–water partition coefficient (Wildman–Crippen LogP) is 3.26. The second-order valence-corrected chi connectivity index (χ2v) is 8.06. The number of ketones is 1. The first-order valence-corrected chi connectivity index (χ1v) is 10.0. The minimum Gasteiger partial charge on any atom is -0.301 e. The zero-order valence-electron chi connectivity index (χ0n) is 16.8. The predicted molar refractivity (Wildman–Crippen MR) is 110 cm³/mol. The van der Waals surface area contributed by atoms with Gasteiger partial charge < -0.3 is 4.90 Å². The van der Waals surface area contributed by atoms with Gasteiger partial charge in [0.25, 0.3) is 0 Å². The van der Waals surface area contributed by atoms with E-state index in [-0.39, 0.29) is 5.92 Å². The van der Waals surface area contributed by atoms with Gasteiger partial charge in [-0.25, -0.2) is 0 Å². The fourth-order valence-electron chi connectivity index (χ4n) is 3.98. The van der Waals surface area contributed by atoms with Gasteiger partial charge in [0.15, 0.2) is 0 Å². The van der Waals surface area contributed by atoms with Crippen molar-refractivity contribution in [3.05, 3.63) is 42.4 Å². The molecule has 1 aliphatic rings. The average Bonchev–Trinajstić information content (AvgIpc) is 3.14. The first-order valence-electron chi connectivity index (χ1n) is 10.0. The van der Waals surface area contributed by atoms with Crippen molar-refractivity contribution in [2.45, 2.75) is 39.2 Å². The van der Waals surface area contributed by atoms with Crippen LogP contribution >= 0.6 is 0 Å². The fourth-order valence-corrected chi connectivity index (χ4v) is 3.98. The van der Waals surface area contributed by atoms with Crippen LogP contribution in [0.25, 0.3) is 22.0 Å². The lowest BCUT2D eigenvalue weighted by molar-refractivity contribution is -0.123. The van der Waals surface area contributed by atoms with E-state index in [1.54, 1.807) is 4.68 Å². The van der Waals surface area contributed by atoms with Gasteiger partial charge in [0.2, 0.25) is 0 Å². The molecule has 28 heavy (non-hydrogen) atoms. The lowest BCUT2D eigenvalue weighted by atomic mass is 9.89. The number of aromatic nitrogens is 4. The molecule has 0 radical (unpaired) electrons. The molecule has 0 saturated carbocycles. The molecule has 1 aliphatic heterocycles. The number of carbonyl (C=O) groups excluding carboxylic acids is 1. The van der Waals surface area contributed by atoms with Crippen LogP contribution in [0.3, 0.4) is 0 Å². The number of nitrogens with zero attached hydrogens (tertiary/aromatic N) is 5. The Morgan fingerprint density at radius 2 is 1.96 bits per heavy atom. The van der Waals surface area contributed by atoms with Crippen molar-refractivity contribution in [2.24, 2.45) is 13.0 Å². The molecule has 0 unspecified atom stereocenters. The van der Waals surface area contributed by atoms with Gasteiger partial charge in [0.05, 0.1) is 6.20 Å². The Hall–Kier alpha value is -2.60. The Labute approximate surface area is 165 Å². The lowest BCUT2D eigenvalue weighted by Gasteiger charge is -2.33. The van der Waals surface area contributed by atoms with Gasteiger partial charge in [-0.3, -0.25) is 14.5 Å². The van der Waals surface area contributed by atoms with E-state index in [0.29, 0.717) is 18.2 Å². The van der Waals surface area contributed by atoms with Crippen molar-refractivity contribution in [1.29, 1.82) is 0 Å². The molecule has 4 rings (SSSR count). The molecule has 0 spiro atoms. The minimum absolute atomic E-state index is 0.165. The first-order chi connectivity index (χ1) is 13.5. The number of aryl methyl sites for hydroxylation is 1. The second kappa shape index (κ2) is 7.80. The number of pyridine rings is 1. The van der Waals surface area contributed by atoms with Crippen molar-refractivity contribution in [1.82, 2.24) is 24.9 Å². The van der Waals surface area contributed by atoms with Crippen LogP contribution in [0.2, 0.25) is 0 Å². The van der Waals surface area contributed by atoms with Crippen LogP contribution in [-0.2, 0) is 18.3 Å².